The summed E-state index contributed by atoms with van der Waals surface area (Å²) in [5.41, 5.74) is 7.72. The molecule has 0 bridgehead atoms. The first-order valence-corrected chi connectivity index (χ1v) is 9.36. The zero-order valence-electron chi connectivity index (χ0n) is 15.3. The van der Waals surface area contributed by atoms with Crippen LogP contribution in [0.1, 0.15) is 53.0 Å². The van der Waals surface area contributed by atoms with Gasteiger partial charge in [0.05, 0.1) is 11.4 Å². The van der Waals surface area contributed by atoms with Gasteiger partial charge in [0.2, 0.25) is 0 Å². The maximum atomic E-state index is 4.84. The monoisotopic (exact) mass is 334 g/mol. The first kappa shape index (κ1) is 16.4. The molecule has 0 aliphatic carbocycles. The standard InChI is InChI=1S/C21H26N4/c1-15-6-7-17(11-16(15)2)13-25-10-8-19-18(14-25)12-23-21(24-19)20-5-3-4-9-22-20/h6-7,11-12H,3-5,8-10,13-14H2,1-2H3. The first-order chi connectivity index (χ1) is 12.2. The number of rotatable bonds is 3. The van der Waals surface area contributed by atoms with Gasteiger partial charge in [-0.25, -0.2) is 9.97 Å². The second-order valence-electron chi connectivity index (χ2n) is 7.33. The van der Waals surface area contributed by atoms with Gasteiger partial charge >= 0.3 is 0 Å². The zero-order chi connectivity index (χ0) is 17.2. The van der Waals surface area contributed by atoms with Crippen LogP contribution in [-0.2, 0) is 19.5 Å². The predicted molar refractivity (Wildman–Crippen MR) is 101 cm³/mol. The van der Waals surface area contributed by atoms with E-state index in [9.17, 15) is 0 Å². The molecule has 4 heteroatoms. The van der Waals surface area contributed by atoms with Crippen LogP contribution in [0.2, 0.25) is 0 Å². The van der Waals surface area contributed by atoms with Crippen molar-refractivity contribution in [3.05, 3.63) is 58.2 Å². The van der Waals surface area contributed by atoms with Crippen LogP contribution in [0.15, 0.2) is 29.4 Å². The van der Waals surface area contributed by atoms with Crippen LogP contribution in [-0.4, -0.2) is 33.7 Å². The van der Waals surface area contributed by atoms with Crippen LogP contribution in [0.25, 0.3) is 0 Å². The average molecular weight is 334 g/mol. The maximum absolute atomic E-state index is 4.84. The summed E-state index contributed by atoms with van der Waals surface area (Å²) in [6.07, 6.45) is 6.47. The van der Waals surface area contributed by atoms with Crippen molar-refractivity contribution >= 4 is 5.71 Å². The molecule has 2 aliphatic heterocycles. The number of aromatic nitrogens is 2. The number of aliphatic imine (C=N–C) groups is 1. The van der Waals surface area contributed by atoms with E-state index in [0.717, 1.165) is 50.6 Å². The fourth-order valence-corrected chi connectivity index (χ4v) is 3.69. The Hall–Kier alpha value is -2.07. The third-order valence-corrected chi connectivity index (χ3v) is 5.37. The van der Waals surface area contributed by atoms with Gasteiger partial charge in [-0.15, -0.1) is 0 Å². The highest BCUT2D eigenvalue weighted by Gasteiger charge is 2.20. The molecule has 0 saturated heterocycles. The fourth-order valence-electron chi connectivity index (χ4n) is 3.69. The van der Waals surface area contributed by atoms with E-state index in [1.54, 1.807) is 0 Å². The summed E-state index contributed by atoms with van der Waals surface area (Å²) in [7, 11) is 0. The maximum Gasteiger partial charge on any atom is 0.173 e. The lowest BCUT2D eigenvalue weighted by molar-refractivity contribution is 0.242. The predicted octanol–water partition coefficient (Wildman–Crippen LogP) is 3.62. The Morgan fingerprint density at radius 1 is 1.08 bits per heavy atom. The summed E-state index contributed by atoms with van der Waals surface area (Å²) in [5, 5.41) is 0. The second kappa shape index (κ2) is 7.04. The molecule has 1 aromatic carbocycles. The van der Waals surface area contributed by atoms with Crippen LogP contribution < -0.4 is 0 Å². The van der Waals surface area contributed by atoms with Gasteiger partial charge in [0, 0.05) is 44.4 Å². The van der Waals surface area contributed by atoms with E-state index in [0.29, 0.717) is 0 Å². The smallest absolute Gasteiger partial charge is 0.173 e. The lowest BCUT2D eigenvalue weighted by atomic mass is 10.0. The van der Waals surface area contributed by atoms with Crippen molar-refractivity contribution in [2.24, 2.45) is 4.99 Å². The quantitative estimate of drug-likeness (QED) is 0.861. The first-order valence-electron chi connectivity index (χ1n) is 9.36. The summed E-state index contributed by atoms with van der Waals surface area (Å²) in [4.78, 5) is 16.6. The molecule has 130 valence electrons. The molecular weight excluding hydrogens is 308 g/mol. The van der Waals surface area contributed by atoms with Gasteiger partial charge in [0.25, 0.3) is 0 Å². The number of hydrogen-bond donors (Lipinski definition) is 0. The molecule has 2 aromatic rings. The Morgan fingerprint density at radius 3 is 2.80 bits per heavy atom. The third-order valence-electron chi connectivity index (χ3n) is 5.37. The Bertz CT molecular complexity index is 810. The highest BCUT2D eigenvalue weighted by atomic mass is 15.1. The minimum Gasteiger partial charge on any atom is -0.294 e. The SMILES string of the molecule is Cc1ccc(CN2CCc3nc(C4=NCCCC4)ncc3C2)cc1C. The van der Waals surface area contributed by atoms with E-state index in [1.165, 1.54) is 40.8 Å². The molecule has 0 atom stereocenters. The third kappa shape index (κ3) is 3.64. The van der Waals surface area contributed by atoms with Crippen molar-refractivity contribution in [3.63, 3.8) is 0 Å². The van der Waals surface area contributed by atoms with Gasteiger partial charge in [0.1, 0.15) is 0 Å². The van der Waals surface area contributed by atoms with Crippen molar-refractivity contribution in [2.45, 2.75) is 52.6 Å². The van der Waals surface area contributed by atoms with Crippen LogP contribution in [0.3, 0.4) is 0 Å². The van der Waals surface area contributed by atoms with Gasteiger partial charge in [-0.05, 0) is 49.8 Å². The van der Waals surface area contributed by atoms with Crippen molar-refractivity contribution in [2.75, 3.05) is 13.1 Å². The second-order valence-corrected chi connectivity index (χ2v) is 7.33. The average Bonchev–Trinajstić information content (AvgIpc) is 2.65. The van der Waals surface area contributed by atoms with E-state index in [2.05, 4.69) is 46.9 Å². The van der Waals surface area contributed by atoms with Crippen LogP contribution in [0.4, 0.5) is 0 Å². The number of aryl methyl sites for hydroxylation is 2. The largest absolute Gasteiger partial charge is 0.294 e. The van der Waals surface area contributed by atoms with E-state index >= 15 is 0 Å². The summed E-state index contributed by atoms with van der Waals surface area (Å²) in [5.74, 6) is 0.862. The van der Waals surface area contributed by atoms with Crippen molar-refractivity contribution < 1.29 is 0 Å². The molecule has 0 fully saturated rings. The van der Waals surface area contributed by atoms with E-state index in [1.807, 2.05) is 6.20 Å². The van der Waals surface area contributed by atoms with Gasteiger partial charge in [-0.3, -0.25) is 9.89 Å². The fraction of sp³-hybridized carbons (Fsp3) is 0.476. The Kier molecular flexibility index (Phi) is 4.62. The van der Waals surface area contributed by atoms with Crippen molar-refractivity contribution in [1.82, 2.24) is 14.9 Å². The van der Waals surface area contributed by atoms with Gasteiger partial charge in [0.15, 0.2) is 5.82 Å². The van der Waals surface area contributed by atoms with Gasteiger partial charge < -0.3 is 0 Å². The molecule has 3 heterocycles. The number of benzene rings is 1. The van der Waals surface area contributed by atoms with Crippen LogP contribution in [0, 0.1) is 13.8 Å². The molecule has 0 unspecified atom stereocenters. The molecule has 0 amide bonds. The summed E-state index contributed by atoms with van der Waals surface area (Å²) in [6.45, 7) is 8.28. The molecule has 0 radical (unpaired) electrons. The van der Waals surface area contributed by atoms with Crippen LogP contribution >= 0.6 is 0 Å². The van der Waals surface area contributed by atoms with Crippen molar-refractivity contribution in [1.29, 1.82) is 0 Å². The Balaban J connectivity index is 1.48. The van der Waals surface area contributed by atoms with Crippen LogP contribution in [0.5, 0.6) is 0 Å². The zero-order valence-corrected chi connectivity index (χ0v) is 15.3. The molecule has 1 aromatic heterocycles. The number of fused-ring (bicyclic) bond motifs is 1. The number of nitrogens with zero attached hydrogens (tertiary/aromatic N) is 4. The highest BCUT2D eigenvalue weighted by Crippen LogP contribution is 2.21. The highest BCUT2D eigenvalue weighted by molar-refractivity contribution is 5.97. The lowest BCUT2D eigenvalue weighted by Crippen LogP contribution is -2.31. The molecule has 2 aliphatic rings. The molecule has 4 rings (SSSR count). The minimum absolute atomic E-state index is 0.862. The Labute approximate surface area is 150 Å². The normalized spacial score (nSPS) is 17.9. The summed E-state index contributed by atoms with van der Waals surface area (Å²) < 4.78 is 0. The summed E-state index contributed by atoms with van der Waals surface area (Å²) in [6, 6.07) is 6.78. The molecule has 0 N–H and O–H groups in total. The number of hydrogen-bond acceptors (Lipinski definition) is 4. The van der Waals surface area contributed by atoms with Gasteiger partial charge in [-0.2, -0.15) is 0 Å². The van der Waals surface area contributed by atoms with E-state index < -0.39 is 0 Å². The van der Waals surface area contributed by atoms with E-state index in [4.69, 9.17) is 4.98 Å². The molecule has 4 nitrogen and oxygen atoms in total. The van der Waals surface area contributed by atoms with Crippen molar-refractivity contribution in [3.8, 4) is 0 Å². The topological polar surface area (TPSA) is 41.4 Å². The van der Waals surface area contributed by atoms with Gasteiger partial charge in [-0.1, -0.05) is 18.2 Å². The van der Waals surface area contributed by atoms with E-state index in [-0.39, 0.29) is 0 Å². The minimum atomic E-state index is 0.862. The Morgan fingerprint density at radius 2 is 2.00 bits per heavy atom. The summed E-state index contributed by atoms with van der Waals surface area (Å²) >= 11 is 0. The molecular formula is C21H26N4. The lowest BCUT2D eigenvalue weighted by Gasteiger charge is -2.28. The molecule has 25 heavy (non-hydrogen) atoms. The molecule has 0 saturated carbocycles. The molecule has 0 spiro atoms.